The summed E-state index contributed by atoms with van der Waals surface area (Å²) in [6.45, 7) is 8.00. The first-order chi connectivity index (χ1) is 9.90. The molecule has 2 rings (SSSR count). The molecule has 1 aromatic rings. The van der Waals surface area contributed by atoms with Crippen LogP contribution in [0.15, 0.2) is 0 Å². The van der Waals surface area contributed by atoms with Gasteiger partial charge in [0.15, 0.2) is 5.82 Å². The van der Waals surface area contributed by atoms with Crippen LogP contribution in [0.1, 0.15) is 39.4 Å². The number of hydrogen-bond donors (Lipinski definition) is 1. The first-order valence-electron chi connectivity index (χ1n) is 7.27. The Kier molecular flexibility index (Phi) is 5.16. The summed E-state index contributed by atoms with van der Waals surface area (Å²) in [5.74, 6) is 0.824. The van der Waals surface area contributed by atoms with Gasteiger partial charge in [-0.05, 0) is 12.8 Å². The lowest BCUT2D eigenvalue weighted by Gasteiger charge is -2.34. The average Bonchev–Trinajstić information content (AvgIpc) is 2.87. The van der Waals surface area contributed by atoms with Crippen molar-refractivity contribution in [2.75, 3.05) is 25.1 Å². The van der Waals surface area contributed by atoms with Gasteiger partial charge < -0.3 is 15.0 Å². The number of rotatable bonds is 4. The predicted octanol–water partition coefficient (Wildman–Crippen LogP) is 1.82. The Balaban J connectivity index is 1.95. The lowest BCUT2D eigenvalue weighted by atomic mass is 9.94. The lowest BCUT2D eigenvalue weighted by molar-refractivity contribution is -0.129. The molecule has 21 heavy (non-hydrogen) atoms. The van der Waals surface area contributed by atoms with E-state index in [1.165, 1.54) is 11.5 Å². The van der Waals surface area contributed by atoms with Crippen molar-refractivity contribution in [3.8, 4) is 0 Å². The summed E-state index contributed by atoms with van der Waals surface area (Å²) in [4.78, 5) is 18.8. The topological polar surface area (TPSA) is 67.3 Å². The number of aromatic nitrogens is 2. The van der Waals surface area contributed by atoms with E-state index in [-0.39, 0.29) is 17.4 Å². The minimum Gasteiger partial charge on any atom is -0.377 e. The molecule has 0 radical (unpaired) electrons. The number of methoxy groups -OCH3 is 1. The predicted molar refractivity (Wildman–Crippen MR) is 83.5 cm³/mol. The van der Waals surface area contributed by atoms with E-state index in [1.807, 2.05) is 20.8 Å². The van der Waals surface area contributed by atoms with Gasteiger partial charge in [0.1, 0.15) is 6.61 Å². The van der Waals surface area contributed by atoms with E-state index in [4.69, 9.17) is 4.74 Å². The van der Waals surface area contributed by atoms with Gasteiger partial charge in [-0.25, -0.2) is 4.98 Å². The Hall–Kier alpha value is -1.21. The van der Waals surface area contributed by atoms with Gasteiger partial charge in [-0.15, -0.1) is 0 Å². The molecule has 1 atom stereocenters. The Morgan fingerprint density at radius 1 is 1.52 bits per heavy atom. The van der Waals surface area contributed by atoms with Crippen molar-refractivity contribution in [1.82, 2.24) is 14.7 Å². The zero-order valence-electron chi connectivity index (χ0n) is 13.2. The minimum atomic E-state index is -0.351. The normalized spacial score (nSPS) is 19.6. The minimum absolute atomic E-state index is 0.103. The van der Waals surface area contributed by atoms with Gasteiger partial charge in [-0.2, -0.15) is 4.37 Å². The Morgan fingerprint density at radius 2 is 2.29 bits per heavy atom. The molecular weight excluding hydrogens is 288 g/mol. The van der Waals surface area contributed by atoms with E-state index in [9.17, 15) is 4.79 Å². The molecule has 1 unspecified atom stereocenters. The standard InChI is InChI=1S/C14H24N4O2S/c1-14(2,3)12(19)15-10-6-5-7-18(8-10)13-16-11(9-20-4)17-21-13/h10H,5-9H2,1-4H3,(H,15,19). The molecule has 1 N–H and O–H groups in total. The number of ether oxygens (including phenoxy) is 1. The molecule has 1 saturated heterocycles. The van der Waals surface area contributed by atoms with Crippen LogP contribution < -0.4 is 10.2 Å². The summed E-state index contributed by atoms with van der Waals surface area (Å²) < 4.78 is 9.33. The number of hydrogen-bond acceptors (Lipinski definition) is 6. The highest BCUT2D eigenvalue weighted by Crippen LogP contribution is 2.23. The molecule has 0 aromatic carbocycles. The van der Waals surface area contributed by atoms with Crippen molar-refractivity contribution < 1.29 is 9.53 Å². The molecule has 1 aliphatic heterocycles. The summed E-state index contributed by atoms with van der Waals surface area (Å²) in [6.07, 6.45) is 2.07. The molecule has 0 aliphatic carbocycles. The molecule has 6 nitrogen and oxygen atoms in total. The highest BCUT2D eigenvalue weighted by molar-refractivity contribution is 7.09. The first kappa shape index (κ1) is 16.2. The fraction of sp³-hybridized carbons (Fsp3) is 0.786. The van der Waals surface area contributed by atoms with E-state index in [2.05, 4.69) is 19.6 Å². The highest BCUT2D eigenvalue weighted by Gasteiger charge is 2.28. The Labute approximate surface area is 130 Å². The maximum atomic E-state index is 12.1. The molecule has 2 heterocycles. The van der Waals surface area contributed by atoms with Crippen molar-refractivity contribution in [2.45, 2.75) is 46.3 Å². The van der Waals surface area contributed by atoms with Gasteiger partial charge in [0.05, 0.1) is 0 Å². The number of carbonyl (C=O) groups excluding carboxylic acids is 1. The molecule has 0 bridgehead atoms. The smallest absolute Gasteiger partial charge is 0.225 e. The molecule has 1 fully saturated rings. The molecule has 1 amide bonds. The van der Waals surface area contributed by atoms with Gasteiger partial charge in [-0.3, -0.25) is 4.79 Å². The zero-order chi connectivity index (χ0) is 15.5. The maximum Gasteiger partial charge on any atom is 0.225 e. The number of nitrogens with one attached hydrogen (secondary N) is 1. The van der Waals surface area contributed by atoms with Gasteiger partial charge >= 0.3 is 0 Å². The first-order valence-corrected chi connectivity index (χ1v) is 8.05. The Bertz CT molecular complexity index is 484. The Morgan fingerprint density at radius 3 is 2.95 bits per heavy atom. The molecular formula is C14H24N4O2S. The third kappa shape index (κ3) is 4.38. The largest absolute Gasteiger partial charge is 0.377 e. The maximum absolute atomic E-state index is 12.1. The summed E-state index contributed by atoms with van der Waals surface area (Å²) in [6, 6.07) is 0.181. The number of carbonyl (C=O) groups is 1. The highest BCUT2D eigenvalue weighted by atomic mass is 32.1. The molecule has 1 aromatic heterocycles. The average molecular weight is 312 g/mol. The van der Waals surface area contributed by atoms with Gasteiger partial charge in [-0.1, -0.05) is 20.8 Å². The van der Waals surface area contributed by atoms with Crippen molar-refractivity contribution in [1.29, 1.82) is 0 Å². The number of anilines is 1. The molecule has 7 heteroatoms. The van der Waals surface area contributed by atoms with Gasteiger partial charge in [0, 0.05) is 43.2 Å². The van der Waals surface area contributed by atoms with Crippen molar-refractivity contribution in [2.24, 2.45) is 5.41 Å². The summed E-state index contributed by atoms with van der Waals surface area (Å²) in [5, 5.41) is 4.06. The third-order valence-electron chi connectivity index (χ3n) is 3.44. The summed E-state index contributed by atoms with van der Waals surface area (Å²) in [7, 11) is 1.64. The van der Waals surface area contributed by atoms with Crippen LogP contribution in [0.3, 0.4) is 0 Å². The van der Waals surface area contributed by atoms with Crippen LogP contribution >= 0.6 is 11.5 Å². The molecule has 0 spiro atoms. The van der Waals surface area contributed by atoms with Crippen molar-refractivity contribution >= 4 is 22.6 Å². The van der Waals surface area contributed by atoms with Gasteiger partial charge in [0.25, 0.3) is 0 Å². The lowest BCUT2D eigenvalue weighted by Crippen LogP contribution is -2.50. The zero-order valence-corrected chi connectivity index (χ0v) is 14.0. The summed E-state index contributed by atoms with van der Waals surface area (Å²) in [5.41, 5.74) is -0.351. The van der Waals surface area contributed by atoms with Crippen LogP contribution in [0.25, 0.3) is 0 Å². The second-order valence-electron chi connectivity index (χ2n) is 6.43. The SMILES string of the molecule is COCc1nsc(N2CCCC(NC(=O)C(C)(C)C)C2)n1. The molecule has 0 saturated carbocycles. The van der Waals surface area contributed by atoms with E-state index in [1.54, 1.807) is 7.11 Å². The van der Waals surface area contributed by atoms with Crippen LogP contribution in [0.2, 0.25) is 0 Å². The summed E-state index contributed by atoms with van der Waals surface area (Å²) >= 11 is 1.39. The monoisotopic (exact) mass is 312 g/mol. The van der Waals surface area contributed by atoms with Crippen LogP contribution in [0.4, 0.5) is 5.13 Å². The fourth-order valence-corrected chi connectivity index (χ4v) is 2.94. The van der Waals surface area contributed by atoms with E-state index >= 15 is 0 Å². The van der Waals surface area contributed by atoms with Gasteiger partial charge in [0.2, 0.25) is 11.0 Å². The quantitative estimate of drug-likeness (QED) is 0.918. The number of amides is 1. The van der Waals surface area contributed by atoms with Crippen molar-refractivity contribution in [3.05, 3.63) is 5.82 Å². The van der Waals surface area contributed by atoms with Crippen LogP contribution in [-0.2, 0) is 16.1 Å². The van der Waals surface area contributed by atoms with Crippen molar-refractivity contribution in [3.63, 3.8) is 0 Å². The van der Waals surface area contributed by atoms with Crippen LogP contribution in [0, 0.1) is 5.41 Å². The fourth-order valence-electron chi connectivity index (χ4n) is 2.23. The second-order valence-corrected chi connectivity index (χ2v) is 7.17. The van der Waals surface area contributed by atoms with E-state index in [0.717, 1.165) is 36.9 Å². The van der Waals surface area contributed by atoms with E-state index < -0.39 is 0 Å². The molecule has 118 valence electrons. The number of nitrogens with zero attached hydrogens (tertiary/aromatic N) is 3. The molecule has 1 aliphatic rings. The van der Waals surface area contributed by atoms with Crippen LogP contribution in [-0.4, -0.2) is 41.5 Å². The van der Waals surface area contributed by atoms with Crippen LogP contribution in [0.5, 0.6) is 0 Å². The van der Waals surface area contributed by atoms with E-state index in [0.29, 0.717) is 6.61 Å². The number of piperidine rings is 1. The third-order valence-corrected chi connectivity index (χ3v) is 4.25. The second kappa shape index (κ2) is 6.70.